The molecule has 0 saturated carbocycles. The molecular weight excluding hydrogens is 305 g/mol. The number of halogens is 1. The van der Waals surface area contributed by atoms with Crippen LogP contribution in [0.15, 0.2) is 52.3 Å². The molecule has 0 spiro atoms. The molecule has 1 aliphatic heterocycles. The summed E-state index contributed by atoms with van der Waals surface area (Å²) in [6, 6.07) is 9.19. The fourth-order valence-electron chi connectivity index (χ4n) is 2.73. The number of aromatic hydroxyl groups is 1. The Bertz CT molecular complexity index is 799. The van der Waals surface area contributed by atoms with Crippen molar-refractivity contribution in [2.24, 2.45) is 0 Å². The molecule has 0 amide bonds. The minimum atomic E-state index is -3.84. The summed E-state index contributed by atoms with van der Waals surface area (Å²) in [5, 5.41) is 13.4. The van der Waals surface area contributed by atoms with Crippen molar-refractivity contribution in [2.45, 2.75) is 22.1 Å². The van der Waals surface area contributed by atoms with Gasteiger partial charge in [-0.1, -0.05) is 12.1 Å². The maximum Gasteiger partial charge on any atom is 0.206 e. The minimum Gasteiger partial charge on any atom is -0.508 e. The number of phenolic OH excluding ortho intramolecular Hbond substituents is 1. The molecule has 116 valence electrons. The summed E-state index contributed by atoms with van der Waals surface area (Å²) in [5.41, 5.74) is 0.739. The molecule has 1 heterocycles. The van der Waals surface area contributed by atoms with Crippen molar-refractivity contribution in [3.05, 3.63) is 53.8 Å². The molecule has 0 aliphatic carbocycles. The maximum absolute atomic E-state index is 13.2. The second-order valence-electron chi connectivity index (χ2n) is 5.37. The summed E-state index contributed by atoms with van der Waals surface area (Å²) in [6.07, 6.45) is 0.906. The van der Waals surface area contributed by atoms with Crippen LogP contribution in [0.4, 0.5) is 4.39 Å². The molecule has 0 bridgehead atoms. The highest BCUT2D eigenvalue weighted by Gasteiger charge is 2.23. The van der Waals surface area contributed by atoms with Crippen LogP contribution in [0.2, 0.25) is 0 Å². The Morgan fingerprint density at radius 2 is 1.91 bits per heavy atom. The van der Waals surface area contributed by atoms with E-state index in [0.717, 1.165) is 31.1 Å². The lowest BCUT2D eigenvalue weighted by molar-refractivity contribution is 0.460. The molecular formula is C16H16FNO3S. The van der Waals surface area contributed by atoms with Crippen LogP contribution in [0, 0.1) is 5.82 Å². The second-order valence-corrected chi connectivity index (χ2v) is 7.32. The van der Waals surface area contributed by atoms with Gasteiger partial charge in [-0.15, -0.1) is 0 Å². The zero-order valence-corrected chi connectivity index (χ0v) is 12.6. The van der Waals surface area contributed by atoms with Crippen LogP contribution in [0.1, 0.15) is 17.9 Å². The third-order valence-electron chi connectivity index (χ3n) is 3.92. The van der Waals surface area contributed by atoms with Crippen LogP contribution in [0.5, 0.6) is 5.75 Å². The van der Waals surface area contributed by atoms with Gasteiger partial charge in [0.05, 0.1) is 9.79 Å². The van der Waals surface area contributed by atoms with E-state index in [2.05, 4.69) is 5.32 Å². The first-order valence-corrected chi connectivity index (χ1v) is 8.51. The van der Waals surface area contributed by atoms with Crippen LogP contribution >= 0.6 is 0 Å². The third-order valence-corrected chi connectivity index (χ3v) is 5.67. The Labute approximate surface area is 128 Å². The SMILES string of the molecule is O=S(=O)(c1cccc(F)c1)c1ccc(C2CCNC2)c(O)c1. The van der Waals surface area contributed by atoms with Crippen LogP contribution in [-0.4, -0.2) is 26.6 Å². The molecule has 22 heavy (non-hydrogen) atoms. The average Bonchev–Trinajstić information content (AvgIpc) is 3.01. The summed E-state index contributed by atoms with van der Waals surface area (Å²) < 4.78 is 38.2. The molecule has 1 aliphatic rings. The summed E-state index contributed by atoms with van der Waals surface area (Å²) in [7, 11) is -3.84. The highest BCUT2D eigenvalue weighted by Crippen LogP contribution is 2.33. The Hall–Kier alpha value is -1.92. The van der Waals surface area contributed by atoms with Crippen LogP contribution in [0.25, 0.3) is 0 Å². The van der Waals surface area contributed by atoms with Crippen molar-refractivity contribution < 1.29 is 17.9 Å². The van der Waals surface area contributed by atoms with E-state index in [1.807, 2.05) is 0 Å². The first kappa shape index (κ1) is 15.0. The van der Waals surface area contributed by atoms with E-state index in [0.29, 0.717) is 0 Å². The van der Waals surface area contributed by atoms with Crippen molar-refractivity contribution in [2.75, 3.05) is 13.1 Å². The largest absolute Gasteiger partial charge is 0.508 e. The van der Waals surface area contributed by atoms with E-state index in [9.17, 15) is 17.9 Å². The number of nitrogens with one attached hydrogen (secondary N) is 1. The van der Waals surface area contributed by atoms with E-state index in [1.165, 1.54) is 30.3 Å². The lowest BCUT2D eigenvalue weighted by Crippen LogP contribution is -2.08. The Kier molecular flexibility index (Phi) is 3.88. The van der Waals surface area contributed by atoms with E-state index in [-0.39, 0.29) is 21.5 Å². The number of sulfone groups is 1. The van der Waals surface area contributed by atoms with Crippen LogP contribution in [0.3, 0.4) is 0 Å². The molecule has 3 rings (SSSR count). The molecule has 0 aromatic heterocycles. The molecule has 4 nitrogen and oxygen atoms in total. The predicted molar refractivity (Wildman–Crippen MR) is 80.2 cm³/mol. The van der Waals surface area contributed by atoms with Gasteiger partial charge in [0.2, 0.25) is 9.84 Å². The molecule has 1 saturated heterocycles. The van der Waals surface area contributed by atoms with Crippen molar-refractivity contribution >= 4 is 9.84 Å². The molecule has 1 fully saturated rings. The first-order valence-electron chi connectivity index (χ1n) is 7.03. The molecule has 1 atom stereocenters. The van der Waals surface area contributed by atoms with E-state index >= 15 is 0 Å². The number of rotatable bonds is 3. The summed E-state index contributed by atoms with van der Waals surface area (Å²) in [5.74, 6) is -0.462. The van der Waals surface area contributed by atoms with Crippen molar-refractivity contribution in [1.82, 2.24) is 5.32 Å². The third kappa shape index (κ3) is 2.71. The topological polar surface area (TPSA) is 66.4 Å². The van der Waals surface area contributed by atoms with Crippen LogP contribution in [-0.2, 0) is 9.84 Å². The highest BCUT2D eigenvalue weighted by atomic mass is 32.2. The van der Waals surface area contributed by atoms with Gasteiger partial charge in [0.15, 0.2) is 0 Å². The van der Waals surface area contributed by atoms with Gasteiger partial charge < -0.3 is 10.4 Å². The average molecular weight is 321 g/mol. The van der Waals surface area contributed by atoms with Gasteiger partial charge in [0.1, 0.15) is 11.6 Å². The van der Waals surface area contributed by atoms with Gasteiger partial charge >= 0.3 is 0 Å². The van der Waals surface area contributed by atoms with Crippen molar-refractivity contribution in [3.8, 4) is 5.75 Å². The van der Waals surface area contributed by atoms with E-state index in [1.54, 1.807) is 6.07 Å². The fraction of sp³-hybridized carbons (Fsp3) is 0.250. The van der Waals surface area contributed by atoms with Gasteiger partial charge in [-0.2, -0.15) is 0 Å². The highest BCUT2D eigenvalue weighted by molar-refractivity contribution is 7.91. The molecule has 2 N–H and O–H groups in total. The molecule has 1 unspecified atom stereocenters. The number of phenols is 1. The van der Waals surface area contributed by atoms with Crippen molar-refractivity contribution in [3.63, 3.8) is 0 Å². The summed E-state index contributed by atoms with van der Waals surface area (Å²) in [6.45, 7) is 1.65. The smallest absolute Gasteiger partial charge is 0.206 e. The quantitative estimate of drug-likeness (QED) is 0.911. The molecule has 0 radical (unpaired) electrons. The summed E-state index contributed by atoms with van der Waals surface area (Å²) in [4.78, 5) is -0.160. The van der Waals surface area contributed by atoms with Gasteiger partial charge in [-0.05, 0) is 48.9 Å². The van der Waals surface area contributed by atoms with E-state index < -0.39 is 15.7 Å². The zero-order valence-electron chi connectivity index (χ0n) is 11.8. The lowest BCUT2D eigenvalue weighted by Gasteiger charge is -2.13. The number of benzene rings is 2. The van der Waals surface area contributed by atoms with E-state index in [4.69, 9.17) is 0 Å². The standard InChI is InChI=1S/C16H16FNO3S/c17-12-2-1-3-13(8-12)22(20,21)14-4-5-15(16(19)9-14)11-6-7-18-10-11/h1-5,8-9,11,18-19H,6-7,10H2. The molecule has 6 heteroatoms. The first-order chi connectivity index (χ1) is 10.5. The Morgan fingerprint density at radius 1 is 1.14 bits per heavy atom. The fourth-order valence-corrected chi connectivity index (χ4v) is 4.04. The minimum absolute atomic E-state index is 0.0359. The van der Waals surface area contributed by atoms with Crippen LogP contribution < -0.4 is 5.32 Å². The van der Waals surface area contributed by atoms with Gasteiger partial charge in [0, 0.05) is 12.5 Å². The summed E-state index contributed by atoms with van der Waals surface area (Å²) >= 11 is 0. The maximum atomic E-state index is 13.2. The van der Waals surface area contributed by atoms with Crippen molar-refractivity contribution in [1.29, 1.82) is 0 Å². The van der Waals surface area contributed by atoms with Gasteiger partial charge in [0.25, 0.3) is 0 Å². The zero-order chi connectivity index (χ0) is 15.7. The monoisotopic (exact) mass is 321 g/mol. The second kappa shape index (κ2) is 5.70. The Balaban J connectivity index is 1.99. The number of hydrogen-bond donors (Lipinski definition) is 2. The van der Waals surface area contributed by atoms with Gasteiger partial charge in [-0.25, -0.2) is 12.8 Å². The normalized spacial score (nSPS) is 18.5. The predicted octanol–water partition coefficient (Wildman–Crippen LogP) is 2.44. The number of hydrogen-bond acceptors (Lipinski definition) is 4. The van der Waals surface area contributed by atoms with Gasteiger partial charge in [-0.3, -0.25) is 0 Å². The Morgan fingerprint density at radius 3 is 2.55 bits per heavy atom. The molecule has 2 aromatic carbocycles. The molecule has 2 aromatic rings. The lowest BCUT2D eigenvalue weighted by atomic mass is 9.98.